The van der Waals surface area contributed by atoms with Gasteiger partial charge in [-0.3, -0.25) is 0 Å². The number of ether oxygens (including phenoxy) is 2. The van der Waals surface area contributed by atoms with Gasteiger partial charge in [-0.25, -0.2) is 4.79 Å². The van der Waals surface area contributed by atoms with Crippen molar-refractivity contribution < 1.29 is 19.4 Å². The number of alkyl carbamates (subject to hydrolysis) is 1. The molecule has 0 aromatic heterocycles. The highest BCUT2D eigenvalue weighted by atomic mass is 16.6. The summed E-state index contributed by atoms with van der Waals surface area (Å²) >= 11 is 0. The third-order valence-corrected chi connectivity index (χ3v) is 2.22. The predicted molar refractivity (Wildman–Crippen MR) is 56.6 cm³/mol. The lowest BCUT2D eigenvalue weighted by atomic mass is 10.2. The van der Waals surface area contributed by atoms with Crippen LogP contribution >= 0.6 is 0 Å². The van der Waals surface area contributed by atoms with Crippen LogP contribution in [0.5, 0.6) is 11.5 Å². The summed E-state index contributed by atoms with van der Waals surface area (Å²) in [6, 6.07) is 4.98. The second-order valence-corrected chi connectivity index (χ2v) is 3.72. The topological polar surface area (TPSA) is 67.8 Å². The molecule has 0 aliphatic carbocycles. The average molecular weight is 223 g/mol. The molecule has 5 heteroatoms. The van der Waals surface area contributed by atoms with Gasteiger partial charge >= 0.3 is 6.09 Å². The molecule has 1 atom stereocenters. The molecule has 0 saturated carbocycles. The van der Waals surface area contributed by atoms with Crippen molar-refractivity contribution in [2.75, 3.05) is 13.2 Å². The van der Waals surface area contributed by atoms with Gasteiger partial charge in [-0.05, 0) is 24.6 Å². The van der Waals surface area contributed by atoms with E-state index in [2.05, 4.69) is 5.32 Å². The fourth-order valence-electron chi connectivity index (χ4n) is 1.53. The number of phenols is 1. The predicted octanol–water partition coefficient (Wildman–Crippen LogP) is 1.19. The Morgan fingerprint density at radius 3 is 3.00 bits per heavy atom. The standard InChI is InChI=1S/C11H13NO4/c1-7-2-8(13)4-9(3-7)15-6-10-5-12-11(14)16-10/h2-4,10,13H,5-6H2,1H3,(H,12,14). The number of rotatable bonds is 3. The van der Waals surface area contributed by atoms with Crippen molar-refractivity contribution in [2.24, 2.45) is 0 Å². The first-order valence-corrected chi connectivity index (χ1v) is 5.01. The molecule has 0 radical (unpaired) electrons. The number of aryl methyl sites for hydroxylation is 1. The third-order valence-electron chi connectivity index (χ3n) is 2.22. The zero-order valence-corrected chi connectivity index (χ0v) is 8.90. The number of cyclic esters (lactones) is 1. The first-order chi connectivity index (χ1) is 7.63. The number of carbonyl (C=O) groups excluding carboxylic acids is 1. The third kappa shape index (κ3) is 2.56. The first kappa shape index (κ1) is 10.6. The molecule has 0 spiro atoms. The zero-order valence-electron chi connectivity index (χ0n) is 8.90. The quantitative estimate of drug-likeness (QED) is 0.807. The number of carbonyl (C=O) groups is 1. The van der Waals surface area contributed by atoms with Crippen molar-refractivity contribution in [1.29, 1.82) is 0 Å². The van der Waals surface area contributed by atoms with Gasteiger partial charge in [0.1, 0.15) is 18.1 Å². The minimum absolute atomic E-state index is 0.163. The van der Waals surface area contributed by atoms with Gasteiger partial charge in [-0.15, -0.1) is 0 Å². The van der Waals surface area contributed by atoms with Gasteiger partial charge in [0.15, 0.2) is 6.10 Å². The first-order valence-electron chi connectivity index (χ1n) is 5.01. The largest absolute Gasteiger partial charge is 0.508 e. The molecule has 2 N–H and O–H groups in total. The smallest absolute Gasteiger partial charge is 0.407 e. The number of amides is 1. The second kappa shape index (κ2) is 4.30. The van der Waals surface area contributed by atoms with Crippen molar-refractivity contribution in [2.45, 2.75) is 13.0 Å². The molecule has 2 rings (SSSR count). The summed E-state index contributed by atoms with van der Waals surface area (Å²) in [7, 11) is 0. The monoisotopic (exact) mass is 223 g/mol. The zero-order chi connectivity index (χ0) is 11.5. The second-order valence-electron chi connectivity index (χ2n) is 3.72. The van der Waals surface area contributed by atoms with Crippen LogP contribution in [0, 0.1) is 6.92 Å². The van der Waals surface area contributed by atoms with Gasteiger partial charge in [-0.2, -0.15) is 0 Å². The number of benzene rings is 1. The van der Waals surface area contributed by atoms with E-state index in [-0.39, 0.29) is 18.5 Å². The fraction of sp³-hybridized carbons (Fsp3) is 0.364. The van der Waals surface area contributed by atoms with E-state index in [0.29, 0.717) is 12.3 Å². The maximum absolute atomic E-state index is 10.7. The highest BCUT2D eigenvalue weighted by Crippen LogP contribution is 2.21. The average Bonchev–Trinajstić information content (AvgIpc) is 2.60. The Kier molecular flexibility index (Phi) is 2.85. The lowest BCUT2D eigenvalue weighted by Gasteiger charge is -2.10. The Balaban J connectivity index is 1.91. The lowest BCUT2D eigenvalue weighted by Crippen LogP contribution is -2.21. The Bertz CT molecular complexity index is 385. The van der Waals surface area contributed by atoms with Crippen molar-refractivity contribution in [3.8, 4) is 11.5 Å². The molecule has 86 valence electrons. The summed E-state index contributed by atoms with van der Waals surface area (Å²) in [5.41, 5.74) is 0.913. The molecule has 1 aliphatic heterocycles. The number of hydrogen-bond acceptors (Lipinski definition) is 4. The van der Waals surface area contributed by atoms with Crippen LogP contribution in [0.2, 0.25) is 0 Å². The molecule has 0 bridgehead atoms. The van der Waals surface area contributed by atoms with Crippen LogP contribution in [0.15, 0.2) is 18.2 Å². The molecule has 16 heavy (non-hydrogen) atoms. The van der Waals surface area contributed by atoms with Gasteiger partial charge < -0.3 is 19.9 Å². The summed E-state index contributed by atoms with van der Waals surface area (Å²) in [6.45, 7) is 2.60. The highest BCUT2D eigenvalue weighted by molar-refractivity contribution is 5.69. The van der Waals surface area contributed by atoms with Crippen molar-refractivity contribution in [3.05, 3.63) is 23.8 Å². The Morgan fingerprint density at radius 1 is 1.56 bits per heavy atom. The van der Waals surface area contributed by atoms with Crippen LogP contribution in [-0.4, -0.2) is 30.5 Å². The fourth-order valence-corrected chi connectivity index (χ4v) is 1.53. The van der Waals surface area contributed by atoms with Crippen molar-refractivity contribution >= 4 is 6.09 Å². The summed E-state index contributed by atoms with van der Waals surface area (Å²) in [4.78, 5) is 10.7. The van der Waals surface area contributed by atoms with Crippen molar-refractivity contribution in [3.63, 3.8) is 0 Å². The Labute approximate surface area is 93.0 Å². The SMILES string of the molecule is Cc1cc(O)cc(OCC2CNC(=O)O2)c1. The minimum atomic E-state index is -0.416. The van der Waals surface area contributed by atoms with Crippen LogP contribution in [0.25, 0.3) is 0 Å². The number of nitrogens with one attached hydrogen (secondary N) is 1. The van der Waals surface area contributed by atoms with Gasteiger partial charge in [0.05, 0.1) is 6.54 Å². The normalized spacial score (nSPS) is 19.1. The molecular formula is C11H13NO4. The number of hydrogen-bond donors (Lipinski definition) is 2. The minimum Gasteiger partial charge on any atom is -0.508 e. The van der Waals surface area contributed by atoms with E-state index >= 15 is 0 Å². The van der Waals surface area contributed by atoms with Gasteiger partial charge in [0, 0.05) is 6.07 Å². The Hall–Kier alpha value is -1.91. The summed E-state index contributed by atoms with van der Waals surface area (Å²) < 4.78 is 10.3. The van der Waals surface area contributed by atoms with Gasteiger partial charge in [0.25, 0.3) is 0 Å². The molecule has 1 heterocycles. The molecule has 1 aromatic rings. The van der Waals surface area contributed by atoms with Gasteiger partial charge in [0.2, 0.25) is 0 Å². The molecule has 1 amide bonds. The van der Waals surface area contributed by atoms with Crippen molar-refractivity contribution in [1.82, 2.24) is 5.32 Å². The van der Waals surface area contributed by atoms with E-state index in [1.54, 1.807) is 6.07 Å². The van der Waals surface area contributed by atoms with Crippen LogP contribution in [0.4, 0.5) is 4.79 Å². The number of phenolic OH excluding ortho intramolecular Hbond substituents is 1. The molecule has 1 unspecified atom stereocenters. The molecule has 1 saturated heterocycles. The van der Waals surface area contributed by atoms with Gasteiger partial charge in [-0.1, -0.05) is 0 Å². The number of aromatic hydroxyl groups is 1. The molecule has 5 nitrogen and oxygen atoms in total. The van der Waals surface area contributed by atoms with Crippen LogP contribution in [0.3, 0.4) is 0 Å². The van der Waals surface area contributed by atoms with E-state index in [1.807, 2.05) is 13.0 Å². The molecular weight excluding hydrogens is 210 g/mol. The highest BCUT2D eigenvalue weighted by Gasteiger charge is 2.22. The van der Waals surface area contributed by atoms with E-state index < -0.39 is 6.09 Å². The van der Waals surface area contributed by atoms with E-state index in [9.17, 15) is 9.90 Å². The summed E-state index contributed by atoms with van der Waals surface area (Å²) in [6.07, 6.45) is -0.684. The maximum atomic E-state index is 10.7. The van der Waals surface area contributed by atoms with E-state index in [1.165, 1.54) is 6.07 Å². The van der Waals surface area contributed by atoms with E-state index in [4.69, 9.17) is 9.47 Å². The summed E-state index contributed by atoms with van der Waals surface area (Å²) in [5.74, 6) is 0.733. The lowest BCUT2D eigenvalue weighted by molar-refractivity contribution is 0.104. The van der Waals surface area contributed by atoms with Crippen LogP contribution in [-0.2, 0) is 4.74 Å². The molecule has 1 fully saturated rings. The summed E-state index contributed by atoms with van der Waals surface area (Å²) in [5, 5.41) is 11.9. The molecule has 1 aliphatic rings. The maximum Gasteiger partial charge on any atom is 0.407 e. The van der Waals surface area contributed by atoms with E-state index in [0.717, 1.165) is 5.56 Å². The van der Waals surface area contributed by atoms with Crippen LogP contribution in [0.1, 0.15) is 5.56 Å². The molecule has 1 aromatic carbocycles. The Morgan fingerprint density at radius 2 is 2.38 bits per heavy atom. The van der Waals surface area contributed by atoms with Crippen LogP contribution < -0.4 is 10.1 Å².